The zero-order chi connectivity index (χ0) is 10.7. The summed E-state index contributed by atoms with van der Waals surface area (Å²) in [6.07, 6.45) is 3.32. The molecular weight excluding hydrogens is 176 g/mol. The van der Waals surface area contributed by atoms with Crippen LogP contribution in [0.15, 0.2) is 18.3 Å². The molecule has 0 aliphatic heterocycles. The van der Waals surface area contributed by atoms with Gasteiger partial charge < -0.3 is 9.88 Å². The molecule has 0 fully saturated rings. The number of aryl methyl sites for hydroxylation is 2. The number of aromatic nitrogens is 1. The van der Waals surface area contributed by atoms with Gasteiger partial charge in [-0.3, -0.25) is 4.79 Å². The average molecular weight is 192 g/mol. The second-order valence-corrected chi connectivity index (χ2v) is 3.65. The summed E-state index contributed by atoms with van der Waals surface area (Å²) in [7, 11) is 3.77. The zero-order valence-corrected chi connectivity index (χ0v) is 9.09. The van der Waals surface area contributed by atoms with Gasteiger partial charge in [-0.2, -0.15) is 0 Å². The number of ketones is 1. The van der Waals surface area contributed by atoms with E-state index in [9.17, 15) is 4.79 Å². The number of nitrogens with zero attached hydrogens (tertiary/aromatic N) is 1. The number of nitrogens with one attached hydrogen (secondary N) is 1. The highest BCUT2D eigenvalue weighted by Crippen LogP contribution is 2.09. The van der Waals surface area contributed by atoms with E-state index < -0.39 is 0 Å². The molecule has 0 saturated carbocycles. The Bertz CT molecular complexity index is 361. The van der Waals surface area contributed by atoms with E-state index in [1.54, 1.807) is 12.3 Å². The molecule has 0 aliphatic carbocycles. The number of hydrogen-bond acceptors (Lipinski definition) is 2. The summed E-state index contributed by atoms with van der Waals surface area (Å²) in [5.41, 5.74) is 2.70. The fraction of sp³-hybridized carbons (Fsp3) is 0.364. The van der Waals surface area contributed by atoms with Crippen LogP contribution in [0, 0.1) is 13.8 Å². The molecule has 0 unspecified atom stereocenters. The molecule has 76 valence electrons. The van der Waals surface area contributed by atoms with Crippen molar-refractivity contribution in [2.45, 2.75) is 13.8 Å². The van der Waals surface area contributed by atoms with Crippen molar-refractivity contribution in [1.29, 1.82) is 0 Å². The van der Waals surface area contributed by atoms with Crippen molar-refractivity contribution < 1.29 is 4.79 Å². The van der Waals surface area contributed by atoms with Crippen LogP contribution in [0.5, 0.6) is 0 Å². The molecular formula is C11H16N2O. The van der Waals surface area contributed by atoms with Gasteiger partial charge in [0.2, 0.25) is 5.78 Å². The van der Waals surface area contributed by atoms with Crippen LogP contribution in [0.4, 0.5) is 0 Å². The van der Waals surface area contributed by atoms with Gasteiger partial charge in [-0.25, -0.2) is 0 Å². The maximum absolute atomic E-state index is 11.6. The molecule has 0 amide bonds. The van der Waals surface area contributed by atoms with Gasteiger partial charge in [0.05, 0.1) is 5.69 Å². The van der Waals surface area contributed by atoms with E-state index in [0.717, 1.165) is 11.3 Å². The van der Waals surface area contributed by atoms with Crippen LogP contribution >= 0.6 is 0 Å². The van der Waals surface area contributed by atoms with E-state index in [0.29, 0.717) is 5.69 Å². The van der Waals surface area contributed by atoms with Gasteiger partial charge in [0.1, 0.15) is 0 Å². The smallest absolute Gasteiger partial charge is 0.203 e. The molecule has 1 N–H and O–H groups in total. The van der Waals surface area contributed by atoms with Crippen molar-refractivity contribution in [3.8, 4) is 0 Å². The number of allylic oxidation sites excluding steroid dienone is 1. The Morgan fingerprint density at radius 2 is 2.07 bits per heavy atom. The summed E-state index contributed by atoms with van der Waals surface area (Å²) < 4.78 is 0. The normalized spacial score (nSPS) is 10.9. The van der Waals surface area contributed by atoms with Crippen molar-refractivity contribution in [2.24, 2.45) is 0 Å². The Labute approximate surface area is 84.4 Å². The second-order valence-electron chi connectivity index (χ2n) is 3.65. The van der Waals surface area contributed by atoms with Gasteiger partial charge in [-0.1, -0.05) is 0 Å². The van der Waals surface area contributed by atoms with Crippen LogP contribution < -0.4 is 0 Å². The Morgan fingerprint density at radius 1 is 1.43 bits per heavy atom. The number of aromatic amines is 1. The molecule has 0 radical (unpaired) electrons. The Balaban J connectivity index is 2.85. The third kappa shape index (κ3) is 2.49. The van der Waals surface area contributed by atoms with E-state index >= 15 is 0 Å². The van der Waals surface area contributed by atoms with E-state index in [2.05, 4.69) is 4.98 Å². The molecule has 1 heterocycles. The van der Waals surface area contributed by atoms with Gasteiger partial charge in [-0.15, -0.1) is 0 Å². The van der Waals surface area contributed by atoms with Crippen molar-refractivity contribution in [2.75, 3.05) is 14.1 Å². The van der Waals surface area contributed by atoms with Crippen LogP contribution in [-0.4, -0.2) is 29.8 Å². The Hall–Kier alpha value is -1.51. The van der Waals surface area contributed by atoms with Crippen molar-refractivity contribution >= 4 is 5.78 Å². The molecule has 3 nitrogen and oxygen atoms in total. The number of hydrogen-bond donors (Lipinski definition) is 1. The lowest BCUT2D eigenvalue weighted by Crippen LogP contribution is -2.04. The maximum Gasteiger partial charge on any atom is 0.203 e. The molecule has 0 atom stereocenters. The van der Waals surface area contributed by atoms with Gasteiger partial charge in [0.25, 0.3) is 0 Å². The van der Waals surface area contributed by atoms with Gasteiger partial charge in [-0.05, 0) is 25.5 Å². The number of carbonyl (C=O) groups excluding carboxylic acids is 1. The van der Waals surface area contributed by atoms with E-state index in [-0.39, 0.29) is 5.78 Å². The second kappa shape index (κ2) is 4.13. The lowest BCUT2D eigenvalue weighted by molar-refractivity contribution is 0.104. The van der Waals surface area contributed by atoms with Crippen molar-refractivity contribution in [3.05, 3.63) is 35.3 Å². The van der Waals surface area contributed by atoms with E-state index in [4.69, 9.17) is 0 Å². The standard InChI is InChI=1S/C11H16N2O/c1-8-7-9(2)12-11(8)10(14)5-6-13(3)4/h5-7,12H,1-4H3. The first-order chi connectivity index (χ1) is 6.50. The minimum atomic E-state index is 0.0179. The quantitative estimate of drug-likeness (QED) is 0.586. The Morgan fingerprint density at radius 3 is 2.50 bits per heavy atom. The summed E-state index contributed by atoms with van der Waals surface area (Å²) in [6.45, 7) is 3.87. The molecule has 1 rings (SSSR count). The molecule has 0 bridgehead atoms. The highest BCUT2D eigenvalue weighted by Gasteiger charge is 2.07. The minimum Gasteiger partial charge on any atom is -0.383 e. The molecule has 1 aromatic heterocycles. The number of rotatable bonds is 3. The predicted octanol–water partition coefficient (Wildman–Crippen LogP) is 1.89. The first kappa shape index (κ1) is 10.6. The van der Waals surface area contributed by atoms with Gasteiger partial charge in [0, 0.05) is 32.1 Å². The molecule has 0 aromatic carbocycles. The fourth-order valence-corrected chi connectivity index (χ4v) is 1.28. The van der Waals surface area contributed by atoms with Crippen molar-refractivity contribution in [3.63, 3.8) is 0 Å². The minimum absolute atomic E-state index is 0.0179. The zero-order valence-electron chi connectivity index (χ0n) is 9.09. The summed E-state index contributed by atoms with van der Waals surface area (Å²) in [4.78, 5) is 16.5. The third-order valence-corrected chi connectivity index (χ3v) is 1.92. The topological polar surface area (TPSA) is 36.1 Å². The molecule has 3 heteroatoms. The summed E-state index contributed by atoms with van der Waals surface area (Å²) in [5.74, 6) is 0.0179. The Kier molecular flexibility index (Phi) is 3.12. The van der Waals surface area contributed by atoms with Crippen LogP contribution in [0.1, 0.15) is 21.7 Å². The van der Waals surface area contributed by atoms with Gasteiger partial charge >= 0.3 is 0 Å². The average Bonchev–Trinajstić information content (AvgIpc) is 2.41. The molecule has 0 aliphatic rings. The molecule has 0 spiro atoms. The molecule has 0 saturated heterocycles. The van der Waals surface area contributed by atoms with E-state index in [1.165, 1.54) is 0 Å². The molecule has 1 aromatic rings. The monoisotopic (exact) mass is 192 g/mol. The third-order valence-electron chi connectivity index (χ3n) is 1.92. The number of carbonyl (C=O) groups is 1. The predicted molar refractivity (Wildman–Crippen MR) is 57.4 cm³/mol. The summed E-state index contributed by atoms with van der Waals surface area (Å²) in [6, 6.07) is 1.97. The van der Waals surface area contributed by atoms with Crippen LogP contribution in [0.3, 0.4) is 0 Å². The lowest BCUT2D eigenvalue weighted by Gasteiger charge is -2.02. The SMILES string of the molecule is Cc1cc(C)c(C(=O)C=CN(C)C)[nH]1. The largest absolute Gasteiger partial charge is 0.383 e. The summed E-state index contributed by atoms with van der Waals surface area (Å²) in [5, 5.41) is 0. The van der Waals surface area contributed by atoms with Crippen LogP contribution in [0.25, 0.3) is 0 Å². The lowest BCUT2D eigenvalue weighted by atomic mass is 10.2. The first-order valence-electron chi connectivity index (χ1n) is 4.56. The first-order valence-corrected chi connectivity index (χ1v) is 4.56. The van der Waals surface area contributed by atoms with Crippen LogP contribution in [-0.2, 0) is 0 Å². The fourth-order valence-electron chi connectivity index (χ4n) is 1.28. The van der Waals surface area contributed by atoms with Gasteiger partial charge in [0.15, 0.2) is 0 Å². The van der Waals surface area contributed by atoms with Crippen LogP contribution in [0.2, 0.25) is 0 Å². The highest BCUT2D eigenvalue weighted by atomic mass is 16.1. The summed E-state index contributed by atoms with van der Waals surface area (Å²) >= 11 is 0. The number of H-pyrrole nitrogens is 1. The highest BCUT2D eigenvalue weighted by molar-refractivity contribution is 6.04. The maximum atomic E-state index is 11.6. The van der Waals surface area contributed by atoms with E-state index in [1.807, 2.05) is 38.9 Å². The molecule has 14 heavy (non-hydrogen) atoms. The van der Waals surface area contributed by atoms with Crippen molar-refractivity contribution in [1.82, 2.24) is 9.88 Å².